The molecule has 2 fully saturated rings. The maximum Gasteiger partial charge on any atom is 0.320 e. The van der Waals surface area contributed by atoms with E-state index in [-0.39, 0.29) is 6.03 Å². The van der Waals surface area contributed by atoms with Crippen LogP contribution in [0.5, 0.6) is 0 Å². The van der Waals surface area contributed by atoms with Crippen LogP contribution < -0.4 is 5.32 Å². The second-order valence-corrected chi connectivity index (χ2v) is 4.93. The monoisotopic (exact) mass is 225 g/mol. The summed E-state index contributed by atoms with van der Waals surface area (Å²) >= 11 is 0. The lowest BCUT2D eigenvalue weighted by molar-refractivity contribution is 0.127. The van der Waals surface area contributed by atoms with Crippen LogP contribution in [0.4, 0.5) is 4.79 Å². The standard InChI is InChI=1S/C12H23N3O/c1-11-10-13-6-9-15(11)12(16)14-7-4-2-3-5-8-14/h11,13H,2-10H2,1H3. The average Bonchev–Trinajstić information content (AvgIpc) is 2.57. The van der Waals surface area contributed by atoms with E-state index in [2.05, 4.69) is 17.1 Å². The van der Waals surface area contributed by atoms with Crippen LogP contribution in [0.3, 0.4) is 0 Å². The Labute approximate surface area is 98.0 Å². The molecule has 0 radical (unpaired) electrons. The second-order valence-electron chi connectivity index (χ2n) is 4.93. The molecule has 1 unspecified atom stereocenters. The quantitative estimate of drug-likeness (QED) is 0.674. The maximum atomic E-state index is 12.3. The highest BCUT2D eigenvalue weighted by atomic mass is 16.2. The number of piperazine rings is 1. The zero-order valence-corrected chi connectivity index (χ0v) is 10.2. The van der Waals surface area contributed by atoms with Gasteiger partial charge in [-0.15, -0.1) is 0 Å². The van der Waals surface area contributed by atoms with Gasteiger partial charge in [0.25, 0.3) is 0 Å². The first-order valence-electron chi connectivity index (χ1n) is 6.55. The second kappa shape index (κ2) is 5.53. The Balaban J connectivity index is 1.93. The molecular formula is C12H23N3O. The number of likely N-dealkylation sites (tertiary alicyclic amines) is 1. The molecule has 0 aromatic rings. The highest BCUT2D eigenvalue weighted by molar-refractivity contribution is 5.75. The lowest BCUT2D eigenvalue weighted by atomic mass is 10.2. The van der Waals surface area contributed by atoms with Gasteiger partial charge in [-0.2, -0.15) is 0 Å². The third-order valence-electron chi connectivity index (χ3n) is 3.62. The van der Waals surface area contributed by atoms with Gasteiger partial charge in [-0.05, 0) is 19.8 Å². The van der Waals surface area contributed by atoms with Gasteiger partial charge in [0.2, 0.25) is 0 Å². The van der Waals surface area contributed by atoms with Crippen molar-refractivity contribution in [3.63, 3.8) is 0 Å². The highest BCUT2D eigenvalue weighted by Crippen LogP contribution is 2.13. The number of hydrogen-bond acceptors (Lipinski definition) is 2. The van der Waals surface area contributed by atoms with Crippen molar-refractivity contribution in [1.29, 1.82) is 0 Å². The summed E-state index contributed by atoms with van der Waals surface area (Å²) in [6, 6.07) is 0.598. The lowest BCUT2D eigenvalue weighted by Crippen LogP contribution is -2.56. The molecule has 0 spiro atoms. The largest absolute Gasteiger partial charge is 0.325 e. The summed E-state index contributed by atoms with van der Waals surface area (Å²) in [6.45, 7) is 6.76. The van der Waals surface area contributed by atoms with Gasteiger partial charge >= 0.3 is 6.03 Å². The fourth-order valence-corrected chi connectivity index (χ4v) is 2.57. The van der Waals surface area contributed by atoms with Crippen molar-refractivity contribution in [3.8, 4) is 0 Å². The van der Waals surface area contributed by atoms with Crippen LogP contribution in [0.15, 0.2) is 0 Å². The van der Waals surface area contributed by atoms with Crippen LogP contribution >= 0.6 is 0 Å². The molecule has 1 N–H and O–H groups in total. The smallest absolute Gasteiger partial charge is 0.320 e. The Hall–Kier alpha value is -0.770. The molecule has 2 saturated heterocycles. The van der Waals surface area contributed by atoms with Crippen LogP contribution in [0.25, 0.3) is 0 Å². The lowest BCUT2D eigenvalue weighted by Gasteiger charge is -2.37. The summed E-state index contributed by atoms with van der Waals surface area (Å²) in [5.74, 6) is 0. The van der Waals surface area contributed by atoms with E-state index in [4.69, 9.17) is 0 Å². The van der Waals surface area contributed by atoms with Gasteiger partial charge in [0.05, 0.1) is 0 Å². The fourth-order valence-electron chi connectivity index (χ4n) is 2.57. The number of nitrogens with zero attached hydrogens (tertiary/aromatic N) is 2. The summed E-state index contributed by atoms with van der Waals surface area (Å²) in [5, 5.41) is 3.32. The number of hydrogen-bond donors (Lipinski definition) is 1. The van der Waals surface area contributed by atoms with E-state index >= 15 is 0 Å². The van der Waals surface area contributed by atoms with Crippen molar-refractivity contribution >= 4 is 6.03 Å². The number of nitrogens with one attached hydrogen (secondary N) is 1. The summed E-state index contributed by atoms with van der Waals surface area (Å²) < 4.78 is 0. The summed E-state index contributed by atoms with van der Waals surface area (Å²) in [5.41, 5.74) is 0. The Bertz CT molecular complexity index is 236. The molecule has 2 amide bonds. The van der Waals surface area contributed by atoms with E-state index in [0.717, 1.165) is 32.7 Å². The van der Waals surface area contributed by atoms with E-state index in [1.807, 2.05) is 4.90 Å². The van der Waals surface area contributed by atoms with Gasteiger partial charge in [0, 0.05) is 38.8 Å². The summed E-state index contributed by atoms with van der Waals surface area (Å²) in [4.78, 5) is 16.4. The third-order valence-corrected chi connectivity index (χ3v) is 3.62. The molecule has 0 aromatic heterocycles. The predicted octanol–water partition coefficient (Wildman–Crippen LogP) is 1.28. The number of amides is 2. The van der Waals surface area contributed by atoms with Gasteiger partial charge in [0.15, 0.2) is 0 Å². The van der Waals surface area contributed by atoms with Crippen molar-refractivity contribution < 1.29 is 4.79 Å². The number of rotatable bonds is 0. The van der Waals surface area contributed by atoms with Gasteiger partial charge in [-0.25, -0.2) is 4.79 Å². The average molecular weight is 225 g/mol. The van der Waals surface area contributed by atoms with Crippen molar-refractivity contribution in [2.45, 2.75) is 38.6 Å². The van der Waals surface area contributed by atoms with E-state index in [0.29, 0.717) is 6.04 Å². The Morgan fingerprint density at radius 3 is 2.44 bits per heavy atom. The van der Waals surface area contributed by atoms with Crippen LogP contribution in [0.2, 0.25) is 0 Å². The third kappa shape index (κ3) is 2.67. The Kier molecular flexibility index (Phi) is 4.04. The van der Waals surface area contributed by atoms with Crippen molar-refractivity contribution in [3.05, 3.63) is 0 Å². The SMILES string of the molecule is CC1CNCCN1C(=O)N1CCCCCC1. The van der Waals surface area contributed by atoms with Crippen LogP contribution in [-0.2, 0) is 0 Å². The van der Waals surface area contributed by atoms with E-state index in [9.17, 15) is 4.79 Å². The van der Waals surface area contributed by atoms with Gasteiger partial charge < -0.3 is 15.1 Å². The van der Waals surface area contributed by atoms with Crippen molar-refractivity contribution in [2.24, 2.45) is 0 Å². The van der Waals surface area contributed by atoms with E-state index in [1.54, 1.807) is 0 Å². The number of urea groups is 1. The topological polar surface area (TPSA) is 35.6 Å². The molecule has 4 nitrogen and oxygen atoms in total. The normalized spacial score (nSPS) is 27.7. The molecule has 0 saturated carbocycles. The summed E-state index contributed by atoms with van der Waals surface area (Å²) in [7, 11) is 0. The molecule has 1 atom stereocenters. The van der Waals surface area contributed by atoms with Gasteiger partial charge in [-0.3, -0.25) is 0 Å². The highest BCUT2D eigenvalue weighted by Gasteiger charge is 2.27. The Morgan fingerprint density at radius 2 is 1.81 bits per heavy atom. The Morgan fingerprint density at radius 1 is 1.12 bits per heavy atom. The number of carbonyl (C=O) groups excluding carboxylic acids is 1. The molecule has 0 bridgehead atoms. The molecule has 0 aromatic carbocycles. The molecule has 2 heterocycles. The molecule has 2 rings (SSSR count). The molecular weight excluding hydrogens is 202 g/mol. The molecule has 2 aliphatic heterocycles. The first-order valence-corrected chi connectivity index (χ1v) is 6.55. The first kappa shape index (κ1) is 11.7. The molecule has 16 heavy (non-hydrogen) atoms. The maximum absolute atomic E-state index is 12.3. The van der Waals surface area contributed by atoms with Crippen LogP contribution in [0, 0.1) is 0 Å². The van der Waals surface area contributed by atoms with Crippen LogP contribution in [-0.4, -0.2) is 54.6 Å². The minimum atomic E-state index is 0.260. The fraction of sp³-hybridized carbons (Fsp3) is 0.917. The van der Waals surface area contributed by atoms with Gasteiger partial charge in [0.1, 0.15) is 0 Å². The minimum Gasteiger partial charge on any atom is -0.325 e. The predicted molar refractivity (Wildman–Crippen MR) is 64.5 cm³/mol. The molecule has 92 valence electrons. The van der Waals surface area contributed by atoms with E-state index in [1.165, 1.54) is 25.7 Å². The number of carbonyl (C=O) groups is 1. The zero-order chi connectivity index (χ0) is 11.4. The van der Waals surface area contributed by atoms with Crippen molar-refractivity contribution in [2.75, 3.05) is 32.7 Å². The molecule has 2 aliphatic rings. The van der Waals surface area contributed by atoms with E-state index < -0.39 is 0 Å². The zero-order valence-electron chi connectivity index (χ0n) is 10.2. The van der Waals surface area contributed by atoms with Gasteiger partial charge in [-0.1, -0.05) is 12.8 Å². The summed E-state index contributed by atoms with van der Waals surface area (Å²) in [6.07, 6.45) is 4.90. The molecule has 0 aliphatic carbocycles. The first-order chi connectivity index (χ1) is 7.79. The van der Waals surface area contributed by atoms with Crippen molar-refractivity contribution in [1.82, 2.24) is 15.1 Å². The van der Waals surface area contributed by atoms with Crippen LogP contribution in [0.1, 0.15) is 32.6 Å². The molecule has 4 heteroatoms. The minimum absolute atomic E-state index is 0.260.